The Labute approximate surface area is 139 Å². The van der Waals surface area contributed by atoms with Crippen molar-refractivity contribution >= 4 is 5.69 Å². The van der Waals surface area contributed by atoms with E-state index in [0.29, 0.717) is 0 Å². The molecule has 6 heteroatoms. The number of nitrogens with one attached hydrogen (secondary N) is 3. The van der Waals surface area contributed by atoms with Gasteiger partial charge in [-0.15, -0.1) is 0 Å². The molecule has 0 atom stereocenters. The van der Waals surface area contributed by atoms with E-state index in [1.165, 1.54) is 41.3 Å². The van der Waals surface area contributed by atoms with Crippen molar-refractivity contribution in [2.24, 2.45) is 0 Å². The lowest BCUT2D eigenvalue weighted by Gasteiger charge is -2.20. The van der Waals surface area contributed by atoms with Crippen LogP contribution in [0.2, 0.25) is 0 Å². The topological polar surface area (TPSA) is 56.5 Å². The van der Waals surface area contributed by atoms with Crippen molar-refractivity contribution in [1.82, 2.24) is 0 Å². The van der Waals surface area contributed by atoms with Gasteiger partial charge in [0.15, 0.2) is 0 Å². The Balaban J connectivity index is 2.56. The number of nitrogens with zero attached hydrogens (tertiary/aromatic N) is 1. The molecule has 0 bridgehead atoms. The lowest BCUT2D eigenvalue weighted by Crippen LogP contribution is -3.13. The molecule has 0 aromatic heterocycles. The smallest absolute Gasteiger partial charge is 0.269 e. The van der Waals surface area contributed by atoms with Crippen molar-refractivity contribution in [2.45, 2.75) is 19.4 Å². The van der Waals surface area contributed by atoms with Crippen LogP contribution in [0.25, 0.3) is 0 Å². The fourth-order valence-corrected chi connectivity index (χ4v) is 2.71. The van der Waals surface area contributed by atoms with Gasteiger partial charge in [-0.25, -0.2) is 0 Å². The maximum atomic E-state index is 10.7. The first kappa shape index (κ1) is 19.5. The Morgan fingerprint density at radius 3 is 1.74 bits per heavy atom. The van der Waals surface area contributed by atoms with Crippen LogP contribution in [0, 0.1) is 10.1 Å². The number of benzene rings is 1. The monoisotopic (exact) mass is 325 g/mol. The Bertz CT molecular complexity index is 446. The molecule has 0 fully saturated rings. The van der Waals surface area contributed by atoms with Gasteiger partial charge in [0, 0.05) is 30.5 Å². The summed E-state index contributed by atoms with van der Waals surface area (Å²) < 4.78 is 0. The number of hydrogen-bond acceptors (Lipinski definition) is 2. The second-order valence-corrected chi connectivity index (χ2v) is 6.97. The minimum Gasteiger partial charge on any atom is -0.340 e. The summed E-state index contributed by atoms with van der Waals surface area (Å²) in [5.41, 5.74) is 1.35. The molecule has 0 aliphatic carbocycles. The maximum absolute atomic E-state index is 10.7. The normalized spacial score (nSPS) is 11.6. The first-order valence-electron chi connectivity index (χ1n) is 8.53. The zero-order chi connectivity index (χ0) is 17.2. The van der Waals surface area contributed by atoms with Gasteiger partial charge in [-0.3, -0.25) is 10.1 Å². The first-order chi connectivity index (χ1) is 10.9. The van der Waals surface area contributed by atoms with E-state index in [4.69, 9.17) is 0 Å². The molecule has 3 N–H and O–H groups in total. The average molecular weight is 325 g/mol. The molecule has 0 aliphatic rings. The Kier molecular flexibility index (Phi) is 8.76. The third-order valence-corrected chi connectivity index (χ3v) is 4.02. The van der Waals surface area contributed by atoms with Crippen molar-refractivity contribution in [3.05, 3.63) is 39.9 Å². The van der Waals surface area contributed by atoms with Gasteiger partial charge in [-0.05, 0) is 12.1 Å². The highest BCUT2D eigenvalue weighted by atomic mass is 16.6. The van der Waals surface area contributed by atoms with Gasteiger partial charge in [0.1, 0.15) is 6.54 Å². The minimum atomic E-state index is -0.339. The molecular weight excluding hydrogens is 292 g/mol. The highest BCUT2D eigenvalue weighted by Crippen LogP contribution is 2.11. The molecule has 0 saturated carbocycles. The molecule has 0 spiro atoms. The number of non-ortho nitro benzene ring substituents is 1. The summed E-state index contributed by atoms with van der Waals surface area (Å²) in [4.78, 5) is 14.9. The molecular formula is C17H33N4O2+3. The fraction of sp³-hybridized carbons (Fsp3) is 0.647. The van der Waals surface area contributed by atoms with E-state index < -0.39 is 0 Å². The van der Waals surface area contributed by atoms with Crippen LogP contribution in [-0.2, 0) is 6.54 Å². The third-order valence-electron chi connectivity index (χ3n) is 4.02. The molecule has 0 radical (unpaired) electrons. The van der Waals surface area contributed by atoms with Crippen LogP contribution in [0.15, 0.2) is 24.3 Å². The van der Waals surface area contributed by atoms with E-state index in [1.54, 1.807) is 17.0 Å². The van der Waals surface area contributed by atoms with Gasteiger partial charge >= 0.3 is 0 Å². The van der Waals surface area contributed by atoms with Gasteiger partial charge in [-0.2, -0.15) is 0 Å². The van der Waals surface area contributed by atoms with Crippen molar-refractivity contribution < 1.29 is 19.6 Å². The second kappa shape index (κ2) is 10.3. The molecule has 1 aromatic rings. The van der Waals surface area contributed by atoms with Gasteiger partial charge in [0.2, 0.25) is 0 Å². The van der Waals surface area contributed by atoms with Gasteiger partial charge in [-0.1, -0.05) is 0 Å². The summed E-state index contributed by atoms with van der Waals surface area (Å²) >= 11 is 0. The van der Waals surface area contributed by atoms with Crippen molar-refractivity contribution in [3.8, 4) is 0 Å². The molecule has 6 nitrogen and oxygen atoms in total. The molecule has 0 amide bonds. The SMILES string of the molecule is C[NH+](C)CCC[NH+](CCC[NH+](C)C)Cc1ccc([N+](=O)[O-])cc1. The van der Waals surface area contributed by atoms with Gasteiger partial charge < -0.3 is 14.7 Å². The van der Waals surface area contributed by atoms with Crippen LogP contribution in [0.4, 0.5) is 5.69 Å². The summed E-state index contributed by atoms with van der Waals surface area (Å²) in [6, 6.07) is 7.01. The lowest BCUT2D eigenvalue weighted by molar-refractivity contribution is -0.925. The van der Waals surface area contributed by atoms with Crippen LogP contribution in [-0.4, -0.2) is 59.3 Å². The largest absolute Gasteiger partial charge is 0.340 e. The van der Waals surface area contributed by atoms with Crippen molar-refractivity contribution in [1.29, 1.82) is 0 Å². The van der Waals surface area contributed by atoms with Gasteiger partial charge in [0.05, 0.1) is 59.3 Å². The van der Waals surface area contributed by atoms with E-state index in [1.807, 2.05) is 12.1 Å². The molecule has 0 unspecified atom stereocenters. The zero-order valence-corrected chi connectivity index (χ0v) is 15.0. The Morgan fingerprint density at radius 1 is 0.870 bits per heavy atom. The molecule has 0 aliphatic heterocycles. The predicted molar refractivity (Wildman–Crippen MR) is 92.1 cm³/mol. The Hall–Kier alpha value is -1.50. The van der Waals surface area contributed by atoms with Crippen LogP contribution in [0.1, 0.15) is 18.4 Å². The number of rotatable bonds is 11. The summed E-state index contributed by atoms with van der Waals surface area (Å²) in [7, 11) is 8.74. The van der Waals surface area contributed by atoms with E-state index in [0.717, 1.165) is 19.6 Å². The molecule has 0 heterocycles. The molecule has 1 rings (SSSR count). The predicted octanol–water partition coefficient (Wildman–Crippen LogP) is -1.95. The zero-order valence-electron chi connectivity index (χ0n) is 15.0. The number of quaternary nitrogens is 3. The molecule has 130 valence electrons. The molecule has 1 aromatic carbocycles. The summed E-state index contributed by atoms with van der Waals surface area (Å²) in [6.45, 7) is 5.63. The standard InChI is InChI=1S/C17H30N4O2/c1-18(2)11-5-13-20(14-6-12-19(3)4)15-16-7-9-17(10-8-16)21(22)23/h7-10H,5-6,11-15H2,1-4H3/p+3. The highest BCUT2D eigenvalue weighted by molar-refractivity contribution is 5.32. The van der Waals surface area contributed by atoms with E-state index in [-0.39, 0.29) is 10.6 Å². The average Bonchev–Trinajstić information content (AvgIpc) is 2.46. The quantitative estimate of drug-likeness (QED) is 0.327. The van der Waals surface area contributed by atoms with E-state index in [2.05, 4.69) is 28.2 Å². The van der Waals surface area contributed by atoms with Gasteiger partial charge in [0.25, 0.3) is 5.69 Å². The van der Waals surface area contributed by atoms with Crippen LogP contribution < -0.4 is 14.7 Å². The summed E-state index contributed by atoms with van der Waals surface area (Å²) in [5.74, 6) is 0. The van der Waals surface area contributed by atoms with Crippen molar-refractivity contribution in [2.75, 3.05) is 54.4 Å². The van der Waals surface area contributed by atoms with E-state index >= 15 is 0 Å². The minimum absolute atomic E-state index is 0.169. The number of hydrogen-bond donors (Lipinski definition) is 3. The third kappa shape index (κ3) is 8.64. The summed E-state index contributed by atoms with van der Waals surface area (Å²) in [6.07, 6.45) is 2.42. The Morgan fingerprint density at radius 2 is 1.35 bits per heavy atom. The molecule has 23 heavy (non-hydrogen) atoms. The van der Waals surface area contributed by atoms with E-state index in [9.17, 15) is 10.1 Å². The molecule has 0 saturated heterocycles. The van der Waals surface area contributed by atoms with Crippen LogP contribution in [0.5, 0.6) is 0 Å². The first-order valence-corrected chi connectivity index (χ1v) is 8.53. The summed E-state index contributed by atoms with van der Waals surface area (Å²) in [5, 5.41) is 10.7. The number of nitro groups is 1. The van der Waals surface area contributed by atoms with Crippen molar-refractivity contribution in [3.63, 3.8) is 0 Å². The van der Waals surface area contributed by atoms with Crippen LogP contribution in [0.3, 0.4) is 0 Å². The highest BCUT2D eigenvalue weighted by Gasteiger charge is 2.12. The fourth-order valence-electron chi connectivity index (χ4n) is 2.71. The maximum Gasteiger partial charge on any atom is 0.269 e. The lowest BCUT2D eigenvalue weighted by atomic mass is 10.2. The second-order valence-electron chi connectivity index (χ2n) is 6.97. The number of nitro benzene ring substituents is 1. The van der Waals surface area contributed by atoms with Crippen LogP contribution >= 0.6 is 0 Å².